The molecule has 0 radical (unpaired) electrons. The molecule has 1 fully saturated rings. The summed E-state index contributed by atoms with van der Waals surface area (Å²) in [5, 5.41) is 0.0274. The zero-order valence-corrected chi connectivity index (χ0v) is 23.0. The lowest BCUT2D eigenvalue weighted by Gasteiger charge is -2.35. The van der Waals surface area contributed by atoms with Gasteiger partial charge in [0, 0.05) is 7.11 Å². The third kappa shape index (κ3) is 6.82. The molecule has 0 bridgehead atoms. The molecule has 33 heavy (non-hydrogen) atoms. The molecule has 1 aromatic carbocycles. The van der Waals surface area contributed by atoms with Crippen LogP contribution in [0.3, 0.4) is 0 Å². The summed E-state index contributed by atoms with van der Waals surface area (Å²) in [6.45, 7) is 18.7. The van der Waals surface area contributed by atoms with E-state index >= 15 is 0 Å². The summed E-state index contributed by atoms with van der Waals surface area (Å²) in [6, 6.07) is 5.45. The Morgan fingerprint density at radius 2 is 1.67 bits per heavy atom. The van der Waals surface area contributed by atoms with E-state index in [1.807, 2.05) is 39.8 Å². The lowest BCUT2D eigenvalue weighted by atomic mass is 9.81. The van der Waals surface area contributed by atoms with Gasteiger partial charge < -0.3 is 27.9 Å². The minimum atomic E-state index is -2.03. The van der Waals surface area contributed by atoms with Crippen LogP contribution in [0, 0.1) is 0 Å². The van der Waals surface area contributed by atoms with Crippen LogP contribution >= 0.6 is 0 Å². The minimum absolute atomic E-state index is 0.0221. The highest BCUT2D eigenvalue weighted by Crippen LogP contribution is 2.39. The molecule has 1 aliphatic heterocycles. The van der Waals surface area contributed by atoms with Crippen molar-refractivity contribution in [3.8, 4) is 5.75 Å². The SMILES string of the molecule is COCOc1c(CCB2OC(C)(C)C(C)(C)O2)cccc1C(=O)OCO[Si](C)(C)C(C)(C)C. The Labute approximate surface area is 200 Å². The highest BCUT2D eigenvalue weighted by molar-refractivity contribution is 6.74. The average Bonchev–Trinajstić information content (AvgIpc) is 2.90. The quantitative estimate of drug-likeness (QED) is 0.251. The zero-order valence-electron chi connectivity index (χ0n) is 22.0. The number of methoxy groups -OCH3 is 1. The van der Waals surface area contributed by atoms with Crippen LogP contribution in [-0.2, 0) is 29.6 Å². The Morgan fingerprint density at radius 3 is 2.21 bits per heavy atom. The Hall–Kier alpha value is -1.39. The molecule has 0 saturated carbocycles. The topological polar surface area (TPSA) is 72.5 Å². The maximum Gasteiger partial charge on any atom is 0.458 e. The lowest BCUT2D eigenvalue weighted by Crippen LogP contribution is -2.41. The number of rotatable bonds is 10. The molecule has 2 rings (SSSR count). The maximum atomic E-state index is 12.9. The largest absolute Gasteiger partial charge is 0.466 e. The van der Waals surface area contributed by atoms with Crippen molar-refractivity contribution >= 4 is 21.4 Å². The molecule has 0 aromatic heterocycles. The minimum Gasteiger partial charge on any atom is -0.466 e. The van der Waals surface area contributed by atoms with Crippen molar-refractivity contribution < 1.29 is 32.7 Å². The molecule has 1 aromatic rings. The summed E-state index contributed by atoms with van der Waals surface area (Å²) in [4.78, 5) is 12.9. The fraction of sp³-hybridized carbons (Fsp3) is 0.708. The molecule has 0 atom stereocenters. The van der Waals surface area contributed by atoms with Gasteiger partial charge in [-0.2, -0.15) is 0 Å². The van der Waals surface area contributed by atoms with Gasteiger partial charge in [0.1, 0.15) is 11.3 Å². The fourth-order valence-corrected chi connectivity index (χ4v) is 3.90. The van der Waals surface area contributed by atoms with Crippen LogP contribution in [0.15, 0.2) is 18.2 Å². The van der Waals surface area contributed by atoms with E-state index in [0.29, 0.717) is 24.1 Å². The van der Waals surface area contributed by atoms with Gasteiger partial charge in [-0.3, -0.25) is 0 Å². The second-order valence-corrected chi connectivity index (χ2v) is 15.8. The van der Waals surface area contributed by atoms with E-state index in [1.165, 1.54) is 7.11 Å². The first kappa shape index (κ1) is 27.9. The summed E-state index contributed by atoms with van der Waals surface area (Å²) < 4.78 is 34.6. The third-order valence-corrected chi connectivity index (χ3v) is 11.5. The summed E-state index contributed by atoms with van der Waals surface area (Å²) in [5.41, 5.74) is 0.435. The first-order valence-electron chi connectivity index (χ1n) is 11.5. The molecule has 0 amide bonds. The summed E-state index contributed by atoms with van der Waals surface area (Å²) in [5.74, 6) is -0.0366. The number of benzene rings is 1. The predicted molar refractivity (Wildman–Crippen MR) is 132 cm³/mol. The van der Waals surface area contributed by atoms with Crippen LogP contribution in [0.2, 0.25) is 24.5 Å². The second-order valence-electron chi connectivity index (χ2n) is 11.0. The Kier molecular flexibility index (Phi) is 8.84. The zero-order chi connectivity index (χ0) is 25.1. The van der Waals surface area contributed by atoms with Crippen LogP contribution in [0.25, 0.3) is 0 Å². The number of carbonyl (C=O) groups excluding carboxylic acids is 1. The van der Waals surface area contributed by atoms with Gasteiger partial charge in [-0.25, -0.2) is 4.79 Å². The monoisotopic (exact) mass is 480 g/mol. The first-order valence-corrected chi connectivity index (χ1v) is 14.4. The van der Waals surface area contributed by atoms with Gasteiger partial charge in [0.15, 0.2) is 21.9 Å². The highest BCUT2D eigenvalue weighted by atomic mass is 28.4. The van der Waals surface area contributed by atoms with Crippen LogP contribution in [0.4, 0.5) is 0 Å². The Bertz CT molecular complexity index is 802. The summed E-state index contributed by atoms with van der Waals surface area (Å²) in [7, 11) is -0.821. The Balaban J connectivity index is 2.11. The van der Waals surface area contributed by atoms with E-state index in [4.69, 9.17) is 27.9 Å². The number of hydrogen-bond acceptors (Lipinski definition) is 7. The normalized spacial score (nSPS) is 17.8. The molecule has 1 aliphatic rings. The average molecular weight is 480 g/mol. The molecule has 1 heterocycles. The van der Waals surface area contributed by atoms with Crippen LogP contribution in [0.5, 0.6) is 5.75 Å². The van der Waals surface area contributed by atoms with Crippen molar-refractivity contribution in [2.75, 3.05) is 20.7 Å². The van der Waals surface area contributed by atoms with E-state index in [-0.39, 0.29) is 36.9 Å². The van der Waals surface area contributed by atoms with Gasteiger partial charge in [0.25, 0.3) is 0 Å². The predicted octanol–water partition coefficient (Wildman–Crippen LogP) is 5.44. The van der Waals surface area contributed by atoms with E-state index in [9.17, 15) is 4.79 Å². The molecule has 0 N–H and O–H groups in total. The van der Waals surface area contributed by atoms with Crippen LogP contribution in [0.1, 0.15) is 64.4 Å². The number of carbonyl (C=O) groups is 1. The molecule has 0 spiro atoms. The standard InChI is InChI=1S/C24H41BO7Si/c1-22(2,3)33(9,10)30-17-29-21(26)19-13-11-12-18(20(19)28-16-27-8)14-15-25-31-23(4,5)24(6,7)32-25/h11-13H,14-17H2,1-10H3. The first-order chi connectivity index (χ1) is 15.1. The maximum absolute atomic E-state index is 12.9. The molecular formula is C24H41BO7Si. The van der Waals surface area contributed by atoms with E-state index in [2.05, 4.69) is 33.9 Å². The second kappa shape index (κ2) is 10.5. The molecule has 0 unspecified atom stereocenters. The molecule has 7 nitrogen and oxygen atoms in total. The van der Waals surface area contributed by atoms with Gasteiger partial charge in [0.05, 0.1) is 11.2 Å². The number of aryl methyl sites for hydroxylation is 1. The van der Waals surface area contributed by atoms with Gasteiger partial charge in [-0.15, -0.1) is 0 Å². The lowest BCUT2D eigenvalue weighted by molar-refractivity contribution is 0.00578. The summed E-state index contributed by atoms with van der Waals surface area (Å²) in [6.07, 6.45) is 1.24. The highest BCUT2D eigenvalue weighted by Gasteiger charge is 2.50. The number of ether oxygens (including phenoxy) is 3. The fourth-order valence-electron chi connectivity index (χ4n) is 3.11. The van der Waals surface area contributed by atoms with Gasteiger partial charge in [0.2, 0.25) is 0 Å². The van der Waals surface area contributed by atoms with Gasteiger partial charge in [-0.1, -0.05) is 32.9 Å². The van der Waals surface area contributed by atoms with Crippen molar-refractivity contribution in [2.45, 2.75) is 90.5 Å². The Morgan fingerprint density at radius 1 is 1.06 bits per heavy atom. The van der Waals surface area contributed by atoms with Crippen molar-refractivity contribution in [1.82, 2.24) is 0 Å². The number of esters is 1. The number of hydrogen-bond donors (Lipinski definition) is 0. The molecule has 0 aliphatic carbocycles. The van der Waals surface area contributed by atoms with Gasteiger partial charge >= 0.3 is 13.1 Å². The number of para-hydroxylation sites is 1. The van der Waals surface area contributed by atoms with Crippen molar-refractivity contribution in [3.05, 3.63) is 29.3 Å². The van der Waals surface area contributed by atoms with Crippen LogP contribution in [-0.4, -0.2) is 53.3 Å². The van der Waals surface area contributed by atoms with E-state index in [0.717, 1.165) is 5.56 Å². The third-order valence-electron chi connectivity index (χ3n) is 7.01. The smallest absolute Gasteiger partial charge is 0.458 e. The van der Waals surface area contributed by atoms with Crippen molar-refractivity contribution in [3.63, 3.8) is 0 Å². The summed E-state index contributed by atoms with van der Waals surface area (Å²) >= 11 is 0. The van der Waals surface area contributed by atoms with Gasteiger partial charge in [-0.05, 0) is 70.2 Å². The van der Waals surface area contributed by atoms with Crippen LogP contribution < -0.4 is 4.74 Å². The van der Waals surface area contributed by atoms with E-state index in [1.54, 1.807) is 6.07 Å². The molecule has 186 valence electrons. The molecule has 9 heteroatoms. The van der Waals surface area contributed by atoms with Crippen molar-refractivity contribution in [2.24, 2.45) is 0 Å². The van der Waals surface area contributed by atoms with Crippen molar-refractivity contribution in [1.29, 1.82) is 0 Å². The van der Waals surface area contributed by atoms with E-state index < -0.39 is 14.3 Å². The molecular weight excluding hydrogens is 439 g/mol. The molecule has 1 saturated heterocycles.